The summed E-state index contributed by atoms with van der Waals surface area (Å²) in [4.78, 5) is 11.4. The Balaban J connectivity index is 4.74. The van der Waals surface area contributed by atoms with Crippen molar-refractivity contribution in [3.63, 3.8) is 0 Å². The summed E-state index contributed by atoms with van der Waals surface area (Å²) in [5.74, 6) is -0.255. The first-order valence-corrected chi connectivity index (χ1v) is 4.48. The topological polar surface area (TPSA) is 52.3 Å². The van der Waals surface area contributed by atoms with E-state index in [1.54, 1.807) is 0 Å². The van der Waals surface area contributed by atoms with Gasteiger partial charge in [0.15, 0.2) is 0 Å². The Hall–Kier alpha value is -0.570. The molecule has 0 unspecified atom stereocenters. The van der Waals surface area contributed by atoms with Crippen LogP contribution in [0.4, 0.5) is 0 Å². The van der Waals surface area contributed by atoms with E-state index in [0.29, 0.717) is 0 Å². The number of carbonyl (C=O) groups is 1. The van der Waals surface area contributed by atoms with Crippen molar-refractivity contribution in [3.05, 3.63) is 0 Å². The molecule has 3 heteroatoms. The molecule has 0 spiro atoms. The molecule has 78 valence electrons. The molecule has 0 radical (unpaired) electrons. The van der Waals surface area contributed by atoms with Crippen molar-refractivity contribution >= 4 is 5.97 Å². The molecular formula is C10H21NO2. The molecule has 0 aromatic carbocycles. The van der Waals surface area contributed by atoms with Crippen molar-refractivity contribution in [2.45, 2.75) is 40.7 Å². The van der Waals surface area contributed by atoms with Crippen LogP contribution < -0.4 is 5.73 Å². The number of esters is 1. The second-order valence-electron chi connectivity index (χ2n) is 5.06. The molecule has 0 fully saturated rings. The minimum absolute atomic E-state index is 0.0995. The quantitative estimate of drug-likeness (QED) is 0.667. The lowest BCUT2D eigenvalue weighted by molar-refractivity contribution is -0.153. The van der Waals surface area contributed by atoms with Crippen molar-refractivity contribution in [1.29, 1.82) is 0 Å². The van der Waals surface area contributed by atoms with E-state index in [4.69, 9.17) is 10.5 Å². The standard InChI is InChI=1S/C10H21NO2/c1-9(2,3)7(11)10(4,5)8(12)13-6/h7H,11H2,1-6H3/t7-/m1/s1. The molecule has 3 nitrogen and oxygen atoms in total. The summed E-state index contributed by atoms with van der Waals surface area (Å²) in [5, 5.41) is 0. The van der Waals surface area contributed by atoms with Crippen LogP contribution in [0.5, 0.6) is 0 Å². The Kier molecular flexibility index (Phi) is 3.50. The molecule has 0 saturated heterocycles. The molecule has 1 atom stereocenters. The molecule has 0 saturated carbocycles. The van der Waals surface area contributed by atoms with Gasteiger partial charge in [-0.3, -0.25) is 4.79 Å². The first kappa shape index (κ1) is 12.4. The van der Waals surface area contributed by atoms with Crippen LogP contribution >= 0.6 is 0 Å². The van der Waals surface area contributed by atoms with E-state index >= 15 is 0 Å². The Morgan fingerprint density at radius 1 is 1.23 bits per heavy atom. The van der Waals surface area contributed by atoms with Crippen molar-refractivity contribution < 1.29 is 9.53 Å². The maximum atomic E-state index is 11.4. The third-order valence-corrected chi connectivity index (χ3v) is 2.42. The van der Waals surface area contributed by atoms with Gasteiger partial charge in [-0.15, -0.1) is 0 Å². The summed E-state index contributed by atoms with van der Waals surface area (Å²) < 4.78 is 4.71. The number of hydrogen-bond donors (Lipinski definition) is 1. The lowest BCUT2D eigenvalue weighted by atomic mass is 9.71. The number of carbonyl (C=O) groups excluding carboxylic acids is 1. The molecule has 2 N–H and O–H groups in total. The zero-order chi connectivity index (χ0) is 10.9. The zero-order valence-electron chi connectivity index (χ0n) is 9.47. The monoisotopic (exact) mass is 187 g/mol. The number of methoxy groups -OCH3 is 1. The van der Waals surface area contributed by atoms with Crippen LogP contribution in [0.25, 0.3) is 0 Å². The molecule has 0 amide bonds. The smallest absolute Gasteiger partial charge is 0.312 e. The highest BCUT2D eigenvalue weighted by Gasteiger charge is 2.41. The van der Waals surface area contributed by atoms with E-state index in [0.717, 1.165) is 0 Å². The van der Waals surface area contributed by atoms with Crippen LogP contribution in [-0.4, -0.2) is 19.1 Å². The van der Waals surface area contributed by atoms with Gasteiger partial charge in [-0.1, -0.05) is 20.8 Å². The molecule has 0 aliphatic heterocycles. The van der Waals surface area contributed by atoms with Crippen LogP contribution in [0, 0.1) is 10.8 Å². The average molecular weight is 187 g/mol. The fourth-order valence-corrected chi connectivity index (χ4v) is 1.47. The molecule has 0 rings (SSSR count). The maximum absolute atomic E-state index is 11.4. The summed E-state index contributed by atoms with van der Waals surface area (Å²) >= 11 is 0. The minimum atomic E-state index is -0.632. The Bertz CT molecular complexity index is 192. The van der Waals surface area contributed by atoms with Crippen LogP contribution in [0.2, 0.25) is 0 Å². The molecule has 0 aliphatic rings. The predicted molar refractivity (Wildman–Crippen MR) is 53.2 cm³/mol. The highest BCUT2D eigenvalue weighted by molar-refractivity contribution is 5.76. The summed E-state index contributed by atoms with van der Waals surface area (Å²) in [5.41, 5.74) is 5.27. The fourth-order valence-electron chi connectivity index (χ4n) is 1.47. The summed E-state index contributed by atoms with van der Waals surface area (Å²) in [6.45, 7) is 9.68. The third-order valence-electron chi connectivity index (χ3n) is 2.42. The number of rotatable bonds is 2. The molecule has 0 bridgehead atoms. The highest BCUT2D eigenvalue weighted by atomic mass is 16.5. The summed E-state index contributed by atoms with van der Waals surface area (Å²) in [6.07, 6.45) is 0. The van der Waals surface area contributed by atoms with E-state index in [1.807, 2.05) is 34.6 Å². The van der Waals surface area contributed by atoms with Gasteiger partial charge in [-0.05, 0) is 19.3 Å². The average Bonchev–Trinajstić information content (AvgIpc) is 1.99. The second kappa shape index (κ2) is 3.66. The predicted octanol–water partition coefficient (Wildman–Crippen LogP) is 1.56. The van der Waals surface area contributed by atoms with E-state index in [2.05, 4.69) is 0 Å². The van der Waals surface area contributed by atoms with Gasteiger partial charge in [-0.25, -0.2) is 0 Å². The van der Waals surface area contributed by atoms with Gasteiger partial charge in [0.2, 0.25) is 0 Å². The summed E-state index contributed by atoms with van der Waals surface area (Å²) in [7, 11) is 1.39. The normalized spacial score (nSPS) is 15.3. The highest BCUT2D eigenvalue weighted by Crippen LogP contribution is 2.32. The lowest BCUT2D eigenvalue weighted by Gasteiger charge is -2.37. The van der Waals surface area contributed by atoms with Crippen LogP contribution in [0.3, 0.4) is 0 Å². The van der Waals surface area contributed by atoms with Gasteiger partial charge >= 0.3 is 5.97 Å². The van der Waals surface area contributed by atoms with Gasteiger partial charge < -0.3 is 10.5 Å². The minimum Gasteiger partial charge on any atom is -0.469 e. The van der Waals surface area contributed by atoms with Crippen molar-refractivity contribution in [2.75, 3.05) is 7.11 Å². The van der Waals surface area contributed by atoms with Gasteiger partial charge in [0.05, 0.1) is 12.5 Å². The molecular weight excluding hydrogens is 166 g/mol. The first-order chi connectivity index (χ1) is 5.64. The SMILES string of the molecule is COC(=O)C(C)(C)[C@H](N)C(C)(C)C. The second-order valence-corrected chi connectivity index (χ2v) is 5.06. The zero-order valence-corrected chi connectivity index (χ0v) is 9.47. The van der Waals surface area contributed by atoms with Crippen molar-refractivity contribution in [3.8, 4) is 0 Å². The van der Waals surface area contributed by atoms with Gasteiger partial charge in [0.1, 0.15) is 0 Å². The number of hydrogen-bond acceptors (Lipinski definition) is 3. The van der Waals surface area contributed by atoms with E-state index in [-0.39, 0.29) is 17.4 Å². The van der Waals surface area contributed by atoms with E-state index < -0.39 is 5.41 Å². The summed E-state index contributed by atoms with van der Waals surface area (Å²) in [6, 6.07) is -0.215. The number of nitrogens with two attached hydrogens (primary N) is 1. The van der Waals surface area contributed by atoms with Crippen LogP contribution in [0.15, 0.2) is 0 Å². The van der Waals surface area contributed by atoms with E-state index in [9.17, 15) is 4.79 Å². The largest absolute Gasteiger partial charge is 0.469 e. The molecule has 0 heterocycles. The van der Waals surface area contributed by atoms with Gasteiger partial charge in [0.25, 0.3) is 0 Å². The van der Waals surface area contributed by atoms with Crippen molar-refractivity contribution in [1.82, 2.24) is 0 Å². The number of ether oxygens (including phenoxy) is 1. The fraction of sp³-hybridized carbons (Fsp3) is 0.900. The van der Waals surface area contributed by atoms with Gasteiger partial charge in [0, 0.05) is 6.04 Å². The molecule has 0 aliphatic carbocycles. The van der Waals surface area contributed by atoms with E-state index in [1.165, 1.54) is 7.11 Å². The van der Waals surface area contributed by atoms with Crippen LogP contribution in [-0.2, 0) is 9.53 Å². The maximum Gasteiger partial charge on any atom is 0.312 e. The van der Waals surface area contributed by atoms with Crippen LogP contribution in [0.1, 0.15) is 34.6 Å². The van der Waals surface area contributed by atoms with Crippen molar-refractivity contribution in [2.24, 2.45) is 16.6 Å². The lowest BCUT2D eigenvalue weighted by Crippen LogP contribution is -2.51. The molecule has 13 heavy (non-hydrogen) atoms. The molecule has 0 aromatic rings. The Labute approximate surface area is 80.6 Å². The van der Waals surface area contributed by atoms with Gasteiger partial charge in [-0.2, -0.15) is 0 Å². The Morgan fingerprint density at radius 2 is 1.62 bits per heavy atom. The third kappa shape index (κ3) is 2.69. The first-order valence-electron chi connectivity index (χ1n) is 4.48. The molecule has 0 aromatic heterocycles. The Morgan fingerprint density at radius 3 is 1.85 bits per heavy atom.